The number of hydrogen-bond acceptors (Lipinski definition) is 3. The molecule has 2 aliphatic rings. The molecular weight excluding hydrogens is 310 g/mol. The van der Waals surface area contributed by atoms with Crippen LogP contribution in [0.25, 0.3) is 0 Å². The van der Waals surface area contributed by atoms with Gasteiger partial charge in [0.15, 0.2) is 0 Å². The molecule has 2 fully saturated rings. The Balaban J connectivity index is 1.60. The summed E-state index contributed by atoms with van der Waals surface area (Å²) < 4.78 is 53.2. The van der Waals surface area contributed by atoms with Crippen molar-refractivity contribution in [1.29, 1.82) is 0 Å². The summed E-state index contributed by atoms with van der Waals surface area (Å²) in [6, 6.07) is 3.38. The smallest absolute Gasteiger partial charge is 0.214 e. The highest BCUT2D eigenvalue weighted by molar-refractivity contribution is 7.90. The third kappa shape index (κ3) is 4.02. The minimum Gasteiger partial charge on any atom is -0.297 e. The minimum atomic E-state index is -3.19. The van der Waals surface area contributed by atoms with Crippen molar-refractivity contribution in [3.63, 3.8) is 0 Å². The summed E-state index contributed by atoms with van der Waals surface area (Å²) in [6.45, 7) is 1.81. The summed E-state index contributed by atoms with van der Waals surface area (Å²) in [5, 5.41) is -0.222. The molecule has 122 valence electrons. The van der Waals surface area contributed by atoms with Crippen LogP contribution < -0.4 is 4.72 Å². The maximum Gasteiger partial charge on any atom is 0.214 e. The molecule has 0 bridgehead atoms. The van der Waals surface area contributed by atoms with E-state index in [9.17, 15) is 17.2 Å². The number of halogens is 2. The fourth-order valence-electron chi connectivity index (χ4n) is 2.96. The quantitative estimate of drug-likeness (QED) is 0.898. The van der Waals surface area contributed by atoms with Crippen LogP contribution >= 0.6 is 0 Å². The monoisotopic (exact) mass is 330 g/mol. The molecule has 1 saturated heterocycles. The molecule has 3 rings (SSSR count). The first-order valence-electron chi connectivity index (χ1n) is 7.61. The number of rotatable bonds is 5. The SMILES string of the molecule is O=S(=O)(NC1CCCN(Cc2cc(F)cc(F)c2)C1)C1CC1. The first kappa shape index (κ1) is 15.8. The van der Waals surface area contributed by atoms with Gasteiger partial charge < -0.3 is 0 Å². The zero-order chi connectivity index (χ0) is 15.7. The van der Waals surface area contributed by atoms with E-state index in [-0.39, 0.29) is 11.3 Å². The van der Waals surface area contributed by atoms with E-state index in [1.807, 2.05) is 4.90 Å². The van der Waals surface area contributed by atoms with E-state index in [0.717, 1.165) is 38.3 Å². The molecule has 1 aliphatic heterocycles. The van der Waals surface area contributed by atoms with Gasteiger partial charge in [-0.05, 0) is 49.9 Å². The highest BCUT2D eigenvalue weighted by Crippen LogP contribution is 2.28. The summed E-state index contributed by atoms with van der Waals surface area (Å²) in [7, 11) is -3.19. The van der Waals surface area contributed by atoms with E-state index in [1.165, 1.54) is 12.1 Å². The van der Waals surface area contributed by atoms with Crippen molar-refractivity contribution >= 4 is 10.0 Å². The zero-order valence-electron chi connectivity index (χ0n) is 12.3. The van der Waals surface area contributed by atoms with Crippen LogP contribution in [0.4, 0.5) is 8.78 Å². The topological polar surface area (TPSA) is 49.4 Å². The van der Waals surface area contributed by atoms with Gasteiger partial charge in [0.05, 0.1) is 5.25 Å². The maximum absolute atomic E-state index is 13.2. The summed E-state index contributed by atoms with van der Waals surface area (Å²) in [4.78, 5) is 2.04. The van der Waals surface area contributed by atoms with E-state index in [4.69, 9.17) is 0 Å². The van der Waals surface area contributed by atoms with Gasteiger partial charge in [0, 0.05) is 25.2 Å². The van der Waals surface area contributed by atoms with E-state index < -0.39 is 21.7 Å². The average Bonchev–Trinajstić information content (AvgIpc) is 3.21. The Morgan fingerprint density at radius 1 is 1.14 bits per heavy atom. The van der Waals surface area contributed by atoms with Crippen LogP contribution in [0.5, 0.6) is 0 Å². The number of nitrogens with zero attached hydrogens (tertiary/aromatic N) is 1. The summed E-state index contributed by atoms with van der Waals surface area (Å²) in [6.07, 6.45) is 3.16. The Hall–Kier alpha value is -1.05. The molecule has 0 aromatic heterocycles. The van der Waals surface area contributed by atoms with Gasteiger partial charge in [0.1, 0.15) is 11.6 Å². The lowest BCUT2D eigenvalue weighted by Crippen LogP contribution is -2.48. The van der Waals surface area contributed by atoms with Gasteiger partial charge >= 0.3 is 0 Å². The van der Waals surface area contributed by atoms with Gasteiger partial charge in [-0.25, -0.2) is 21.9 Å². The minimum absolute atomic E-state index is 0.113. The lowest BCUT2D eigenvalue weighted by Gasteiger charge is -2.33. The second-order valence-corrected chi connectivity index (χ2v) is 8.21. The van der Waals surface area contributed by atoms with Gasteiger partial charge in [-0.2, -0.15) is 0 Å². The van der Waals surface area contributed by atoms with Gasteiger partial charge in [-0.3, -0.25) is 4.90 Å². The number of piperidine rings is 1. The molecule has 1 aliphatic carbocycles. The van der Waals surface area contributed by atoms with E-state index in [1.54, 1.807) is 0 Å². The molecule has 0 spiro atoms. The third-order valence-electron chi connectivity index (χ3n) is 4.13. The van der Waals surface area contributed by atoms with Crippen LogP contribution in [0.2, 0.25) is 0 Å². The van der Waals surface area contributed by atoms with Gasteiger partial charge in [0.25, 0.3) is 0 Å². The lowest BCUT2D eigenvalue weighted by atomic mass is 10.1. The van der Waals surface area contributed by atoms with Crippen LogP contribution in [-0.2, 0) is 16.6 Å². The molecule has 1 atom stereocenters. The second-order valence-electron chi connectivity index (χ2n) is 6.21. The van der Waals surface area contributed by atoms with Crippen LogP contribution in [0.15, 0.2) is 18.2 Å². The fourth-order valence-corrected chi connectivity index (χ4v) is 4.57. The molecule has 1 unspecified atom stereocenters. The predicted molar refractivity (Wildman–Crippen MR) is 79.7 cm³/mol. The number of hydrogen-bond donors (Lipinski definition) is 1. The van der Waals surface area contributed by atoms with Crippen molar-refractivity contribution in [2.45, 2.75) is 43.5 Å². The number of sulfonamides is 1. The first-order valence-corrected chi connectivity index (χ1v) is 9.15. The van der Waals surface area contributed by atoms with Crippen LogP contribution in [-0.4, -0.2) is 37.7 Å². The molecule has 22 heavy (non-hydrogen) atoms. The molecule has 1 N–H and O–H groups in total. The molecular formula is C15H20F2N2O2S. The van der Waals surface area contributed by atoms with E-state index in [2.05, 4.69) is 4.72 Å². The Morgan fingerprint density at radius 3 is 2.45 bits per heavy atom. The molecule has 1 saturated carbocycles. The Kier molecular flexibility index (Phi) is 4.47. The van der Waals surface area contributed by atoms with Crippen molar-refractivity contribution in [2.75, 3.05) is 13.1 Å². The van der Waals surface area contributed by atoms with Crippen molar-refractivity contribution < 1.29 is 17.2 Å². The molecule has 4 nitrogen and oxygen atoms in total. The highest BCUT2D eigenvalue weighted by Gasteiger charge is 2.37. The third-order valence-corrected chi connectivity index (χ3v) is 6.14. The van der Waals surface area contributed by atoms with Crippen LogP contribution in [0.3, 0.4) is 0 Å². The van der Waals surface area contributed by atoms with Crippen molar-refractivity contribution in [3.05, 3.63) is 35.4 Å². The van der Waals surface area contributed by atoms with Crippen LogP contribution in [0, 0.1) is 11.6 Å². The molecule has 1 aromatic rings. The lowest BCUT2D eigenvalue weighted by molar-refractivity contribution is 0.194. The van der Waals surface area contributed by atoms with Gasteiger partial charge in [-0.15, -0.1) is 0 Å². The predicted octanol–water partition coefficient (Wildman–Crippen LogP) is 2.01. The molecule has 1 aromatic carbocycles. The zero-order valence-corrected chi connectivity index (χ0v) is 13.1. The molecule has 1 heterocycles. The normalized spacial score (nSPS) is 23.6. The number of likely N-dealkylation sites (tertiary alicyclic amines) is 1. The Labute approximate surface area is 129 Å². The molecule has 7 heteroatoms. The second kappa shape index (κ2) is 6.22. The Bertz CT molecular complexity index is 627. The van der Waals surface area contributed by atoms with Gasteiger partial charge in [0.2, 0.25) is 10.0 Å². The Morgan fingerprint density at radius 2 is 1.82 bits per heavy atom. The summed E-state index contributed by atoms with van der Waals surface area (Å²) >= 11 is 0. The largest absolute Gasteiger partial charge is 0.297 e. The van der Waals surface area contributed by atoms with Crippen LogP contribution in [0.1, 0.15) is 31.2 Å². The maximum atomic E-state index is 13.2. The first-order chi connectivity index (χ1) is 10.4. The van der Waals surface area contributed by atoms with Crippen molar-refractivity contribution in [2.24, 2.45) is 0 Å². The average molecular weight is 330 g/mol. The van der Waals surface area contributed by atoms with Crippen molar-refractivity contribution in [1.82, 2.24) is 9.62 Å². The highest BCUT2D eigenvalue weighted by atomic mass is 32.2. The summed E-state index contributed by atoms with van der Waals surface area (Å²) in [5.41, 5.74) is 0.572. The van der Waals surface area contributed by atoms with Crippen molar-refractivity contribution in [3.8, 4) is 0 Å². The molecule has 0 amide bonds. The van der Waals surface area contributed by atoms with E-state index >= 15 is 0 Å². The van der Waals surface area contributed by atoms with Gasteiger partial charge in [-0.1, -0.05) is 0 Å². The summed E-state index contributed by atoms with van der Waals surface area (Å²) in [5.74, 6) is -1.17. The number of benzene rings is 1. The van der Waals surface area contributed by atoms with E-state index in [0.29, 0.717) is 18.7 Å². The molecule has 0 radical (unpaired) electrons. The number of nitrogens with one attached hydrogen (secondary N) is 1. The standard InChI is InChI=1S/C15H20F2N2O2S/c16-12-6-11(7-13(17)8-12)9-19-5-1-2-14(10-19)18-22(20,21)15-3-4-15/h6-8,14-15,18H,1-5,9-10H2. The fraction of sp³-hybridized carbons (Fsp3) is 0.600.